The van der Waals surface area contributed by atoms with Crippen molar-refractivity contribution in [3.05, 3.63) is 247 Å². The van der Waals surface area contributed by atoms with E-state index in [-0.39, 0.29) is 94.3 Å². The average Bonchev–Trinajstić information content (AvgIpc) is 3.69. The van der Waals surface area contributed by atoms with Gasteiger partial charge in [0.2, 0.25) is 0 Å². The van der Waals surface area contributed by atoms with Gasteiger partial charge in [-0.15, -0.1) is 0 Å². The van der Waals surface area contributed by atoms with Crippen molar-refractivity contribution in [1.82, 2.24) is 0 Å². The lowest BCUT2D eigenvalue weighted by atomic mass is 9.83. The van der Waals surface area contributed by atoms with Gasteiger partial charge in [-0.05, 0) is 56.6 Å². The molecule has 1 heterocycles. The van der Waals surface area contributed by atoms with Gasteiger partial charge < -0.3 is 43.8 Å². The Bertz CT molecular complexity index is 3570. The number of benzene rings is 8. The number of nitrogens with one attached hydrogen (secondary N) is 2. The molecular weight excluding hydrogens is 1050 g/mol. The van der Waals surface area contributed by atoms with Gasteiger partial charge in [0.1, 0.15) is 36.2 Å². The summed E-state index contributed by atoms with van der Waals surface area (Å²) in [5.74, 6) is -0.233. The molecule has 83 heavy (non-hydrogen) atoms. The molecule has 0 saturated heterocycles. The fraction of sp³-hybridized carbons (Fsp3) is 0.206. The van der Waals surface area contributed by atoms with E-state index < -0.39 is 25.0 Å². The Morgan fingerprint density at radius 3 is 0.976 bits per heavy atom. The highest BCUT2D eigenvalue weighted by atomic mass is 16.6. The molecule has 0 atom stereocenters. The van der Waals surface area contributed by atoms with Gasteiger partial charge in [-0.1, -0.05) is 146 Å². The van der Waals surface area contributed by atoms with Crippen LogP contribution in [0.15, 0.2) is 158 Å². The van der Waals surface area contributed by atoms with E-state index >= 15 is 0 Å². The summed E-state index contributed by atoms with van der Waals surface area (Å²) in [6.45, 7) is 1.46. The zero-order valence-electron chi connectivity index (χ0n) is 45.2. The first-order valence-electron chi connectivity index (χ1n) is 27.6. The maximum Gasteiger partial charge on any atom is 0.262 e. The Morgan fingerprint density at radius 1 is 0.337 bits per heavy atom. The lowest BCUT2D eigenvalue weighted by Gasteiger charge is -2.23. The molecular formula is C68H56N2O13. The standard InChI is InChI=1S/C68H56N2O13/c71-57(69-55-25-9-23-53-59(55)63(75)51-21-3-1-19-49(51)61(53)73)39-82-67-45-15-7-16-46(67)36-42-12-6-14-44-38-48-18-8-17-47(37-43-13-5-11-41(35-45)65(43)80-33-31-78-29-27-77-28-30-79-32-34-81-66(42)44)68(48)83-40-58(72)70-56-26-10-24-54-60(56)64(76)52-22-4-2-20-50(52)62(54)74/h1-26H,27-40H2,(H,69,71)(H,70,72). The fourth-order valence-corrected chi connectivity index (χ4v) is 11.3. The number of ether oxygens (including phenoxy) is 7. The number of hydrogen-bond acceptors (Lipinski definition) is 13. The summed E-state index contributed by atoms with van der Waals surface area (Å²) in [6.07, 6.45) is 1.21. The molecule has 1 aliphatic heterocycles. The van der Waals surface area contributed by atoms with E-state index in [2.05, 4.69) is 10.6 Å². The lowest BCUT2D eigenvalue weighted by Crippen LogP contribution is -2.26. The summed E-state index contributed by atoms with van der Waals surface area (Å²) < 4.78 is 44.5. The number of ketones is 4. The number of carbonyl (C=O) groups is 6. The van der Waals surface area contributed by atoms with Crippen LogP contribution in [0.3, 0.4) is 0 Å². The Balaban J connectivity index is 0.901. The summed E-state index contributed by atoms with van der Waals surface area (Å²) in [5.41, 5.74) is 8.56. The first kappa shape index (κ1) is 54.1. The van der Waals surface area contributed by atoms with Gasteiger partial charge in [0.15, 0.2) is 36.3 Å². The molecule has 0 spiro atoms. The number of rotatable bonds is 8. The molecule has 8 aromatic carbocycles. The van der Waals surface area contributed by atoms with Crippen LogP contribution in [0.2, 0.25) is 0 Å². The largest absolute Gasteiger partial charge is 0.491 e. The summed E-state index contributed by atoms with van der Waals surface area (Å²) >= 11 is 0. The van der Waals surface area contributed by atoms with E-state index in [1.165, 1.54) is 0 Å². The number of fused-ring (bicyclic) bond motifs is 6. The van der Waals surface area contributed by atoms with Crippen molar-refractivity contribution >= 4 is 46.3 Å². The number of anilines is 2. The van der Waals surface area contributed by atoms with Crippen LogP contribution in [-0.4, -0.2) is 101 Å². The van der Waals surface area contributed by atoms with Crippen LogP contribution >= 0.6 is 0 Å². The Hall–Kier alpha value is -9.54. The molecule has 0 fully saturated rings. The smallest absolute Gasteiger partial charge is 0.262 e. The van der Waals surface area contributed by atoms with Gasteiger partial charge in [0, 0.05) is 59.1 Å². The molecule has 3 aliphatic carbocycles. The summed E-state index contributed by atoms with van der Waals surface area (Å²) in [7, 11) is 0. The summed E-state index contributed by atoms with van der Waals surface area (Å²) in [5, 5.41) is 5.77. The van der Waals surface area contributed by atoms with E-state index in [1.807, 2.05) is 72.8 Å². The minimum absolute atomic E-state index is 0.127. The third-order valence-corrected chi connectivity index (χ3v) is 15.1. The monoisotopic (exact) mass is 1110 g/mol. The van der Waals surface area contributed by atoms with Gasteiger partial charge in [0.05, 0.1) is 62.1 Å². The van der Waals surface area contributed by atoms with Crippen molar-refractivity contribution in [1.29, 1.82) is 0 Å². The van der Waals surface area contributed by atoms with Crippen LogP contribution in [0.4, 0.5) is 11.4 Å². The highest BCUT2D eigenvalue weighted by Gasteiger charge is 2.34. The highest BCUT2D eigenvalue weighted by Crippen LogP contribution is 2.40. The van der Waals surface area contributed by atoms with Crippen LogP contribution in [0, 0.1) is 0 Å². The van der Waals surface area contributed by atoms with Crippen LogP contribution in [0.5, 0.6) is 23.0 Å². The van der Waals surface area contributed by atoms with Crippen LogP contribution in [0.1, 0.15) is 108 Å². The second-order valence-corrected chi connectivity index (χ2v) is 20.4. The minimum Gasteiger partial charge on any atom is -0.491 e. The molecule has 4 aliphatic rings. The van der Waals surface area contributed by atoms with Crippen molar-refractivity contribution in [3.63, 3.8) is 0 Å². The van der Waals surface area contributed by atoms with Gasteiger partial charge in [-0.25, -0.2) is 0 Å². The third kappa shape index (κ3) is 11.3. The van der Waals surface area contributed by atoms with Crippen molar-refractivity contribution < 1.29 is 61.9 Å². The zero-order valence-corrected chi connectivity index (χ0v) is 45.2. The fourth-order valence-electron chi connectivity index (χ4n) is 11.3. The van der Waals surface area contributed by atoms with E-state index in [1.54, 1.807) is 84.9 Å². The van der Waals surface area contributed by atoms with Crippen molar-refractivity contribution in [2.45, 2.75) is 25.7 Å². The number of para-hydroxylation sites is 4. The number of carbonyl (C=O) groups excluding carboxylic acids is 6. The maximum absolute atomic E-state index is 14.2. The predicted octanol–water partition coefficient (Wildman–Crippen LogP) is 9.77. The van der Waals surface area contributed by atoms with E-state index in [9.17, 15) is 28.8 Å². The molecule has 0 unspecified atom stereocenters. The van der Waals surface area contributed by atoms with E-state index in [0.29, 0.717) is 86.2 Å². The second-order valence-electron chi connectivity index (χ2n) is 20.4. The van der Waals surface area contributed by atoms with E-state index in [0.717, 1.165) is 44.5 Å². The summed E-state index contributed by atoms with van der Waals surface area (Å²) in [4.78, 5) is 83.3. The normalized spacial score (nSPS) is 15.0. The molecule has 416 valence electrons. The molecule has 2 N–H and O–H groups in total. The average molecular weight is 1110 g/mol. The second kappa shape index (κ2) is 24.3. The van der Waals surface area contributed by atoms with Crippen molar-refractivity contribution in [3.8, 4) is 23.0 Å². The van der Waals surface area contributed by atoms with Gasteiger partial charge in [-0.2, -0.15) is 0 Å². The van der Waals surface area contributed by atoms with Gasteiger partial charge in [0.25, 0.3) is 11.8 Å². The molecule has 8 aromatic rings. The van der Waals surface area contributed by atoms with E-state index in [4.69, 9.17) is 33.2 Å². The van der Waals surface area contributed by atoms with Crippen LogP contribution < -0.4 is 29.6 Å². The van der Waals surface area contributed by atoms with Crippen LogP contribution in [0.25, 0.3) is 0 Å². The molecule has 15 heteroatoms. The van der Waals surface area contributed by atoms with Crippen molar-refractivity contribution in [2.24, 2.45) is 0 Å². The van der Waals surface area contributed by atoms with Gasteiger partial charge in [-0.3, -0.25) is 28.8 Å². The Morgan fingerprint density at radius 2 is 0.627 bits per heavy atom. The van der Waals surface area contributed by atoms with Gasteiger partial charge >= 0.3 is 0 Å². The highest BCUT2D eigenvalue weighted by molar-refractivity contribution is 6.31. The molecule has 0 aromatic heterocycles. The minimum atomic E-state index is -0.538. The number of amides is 2. The first-order chi connectivity index (χ1) is 40.7. The SMILES string of the molecule is O=C(COc1c2cccc1Cc1cccc3c1OCCOCCOCCOCCOc1c(cccc1Cc1cccc(c1OCC(=O)Nc1cccc4c1C(=O)c1ccccc1C4=O)C3)C2)Nc1cccc2c1C(=O)c1ccccc1C2=O. The molecule has 0 radical (unpaired) electrons. The molecule has 10 bridgehead atoms. The number of hydrogen-bond donors (Lipinski definition) is 2. The first-order valence-corrected chi connectivity index (χ1v) is 27.6. The molecule has 2 amide bonds. The quantitative estimate of drug-likeness (QED) is 0.146. The lowest BCUT2D eigenvalue weighted by molar-refractivity contribution is -0.118. The molecule has 0 saturated carbocycles. The Labute approximate surface area is 478 Å². The molecule has 15 nitrogen and oxygen atoms in total. The van der Waals surface area contributed by atoms with Crippen LogP contribution in [-0.2, 0) is 49.5 Å². The molecule has 12 rings (SSSR count). The van der Waals surface area contributed by atoms with Crippen molar-refractivity contribution in [2.75, 3.05) is 76.7 Å². The maximum atomic E-state index is 14.2. The summed E-state index contributed by atoms with van der Waals surface area (Å²) in [6, 6.07) is 46.6. The zero-order chi connectivity index (χ0) is 56.8. The third-order valence-electron chi connectivity index (χ3n) is 15.1. The predicted molar refractivity (Wildman–Crippen MR) is 308 cm³/mol. The Kier molecular flexibility index (Phi) is 15.8. The topological polar surface area (TPSA) is 191 Å².